The van der Waals surface area contributed by atoms with Gasteiger partial charge in [0.15, 0.2) is 0 Å². The van der Waals surface area contributed by atoms with Gasteiger partial charge in [-0.2, -0.15) is 0 Å². The molecule has 0 radical (unpaired) electrons. The van der Waals surface area contributed by atoms with Crippen LogP contribution in [0.15, 0.2) is 237 Å². The summed E-state index contributed by atoms with van der Waals surface area (Å²) in [5.74, 6) is 0. The summed E-state index contributed by atoms with van der Waals surface area (Å²) in [5, 5.41) is 0. The van der Waals surface area contributed by atoms with Gasteiger partial charge in [-0.3, -0.25) is 13.2 Å². The minimum atomic E-state index is 0.907. The molecule has 0 fully saturated rings. The first-order chi connectivity index (χ1) is 31.7. The zero-order chi connectivity index (χ0) is 42.4. The third-order valence-corrected chi connectivity index (χ3v) is 11.9. The molecule has 7 heteroatoms. The smallest absolute Gasteiger partial charge is 0.137 e. The second-order valence-corrected chi connectivity index (χ2v) is 15.8. The Morgan fingerprint density at radius 3 is 0.797 bits per heavy atom. The molecule has 0 bridgehead atoms. The van der Waals surface area contributed by atoms with E-state index in [1.807, 2.05) is 36.4 Å². The number of benzene rings is 6. The molecule has 12 rings (SSSR count). The van der Waals surface area contributed by atoms with Crippen LogP contribution in [0, 0.1) is 0 Å². The van der Waals surface area contributed by atoms with E-state index in [1.165, 1.54) is 0 Å². The van der Waals surface area contributed by atoms with Gasteiger partial charge in [0.25, 0.3) is 0 Å². The second-order valence-electron chi connectivity index (χ2n) is 15.8. The van der Waals surface area contributed by atoms with Crippen molar-refractivity contribution in [2.45, 2.75) is 0 Å². The van der Waals surface area contributed by atoms with Gasteiger partial charge in [-0.25, -0.2) is 15.0 Å². The fourth-order valence-electron chi connectivity index (χ4n) is 8.96. The third kappa shape index (κ3) is 6.42. The van der Waals surface area contributed by atoms with Crippen molar-refractivity contribution < 1.29 is 0 Å². The highest BCUT2D eigenvalue weighted by atomic mass is 15.1. The zero-order valence-electron chi connectivity index (χ0n) is 34.6. The van der Waals surface area contributed by atoms with E-state index in [-0.39, 0.29) is 0 Å². The molecule has 0 atom stereocenters. The molecule has 0 aliphatic heterocycles. The van der Waals surface area contributed by atoms with Crippen molar-refractivity contribution in [3.63, 3.8) is 0 Å². The molecular formula is C57H39N7. The minimum Gasteiger partial charge on any atom is -0.311 e. The molecule has 0 spiro atoms. The summed E-state index contributed by atoms with van der Waals surface area (Å²) < 4.78 is 6.52. The van der Waals surface area contributed by atoms with Gasteiger partial charge in [-0.15, -0.1) is 0 Å². The van der Waals surface area contributed by atoms with E-state index in [4.69, 9.17) is 15.0 Å². The van der Waals surface area contributed by atoms with Crippen LogP contribution in [0.25, 0.3) is 84.5 Å². The number of pyridine rings is 3. The number of anilines is 3. The lowest BCUT2D eigenvalue weighted by Gasteiger charge is -2.26. The number of imidazole rings is 3. The van der Waals surface area contributed by atoms with Crippen LogP contribution in [0.1, 0.15) is 0 Å². The van der Waals surface area contributed by atoms with Crippen LogP contribution >= 0.6 is 0 Å². The molecule has 64 heavy (non-hydrogen) atoms. The van der Waals surface area contributed by atoms with Gasteiger partial charge < -0.3 is 4.90 Å². The quantitative estimate of drug-likeness (QED) is 0.146. The van der Waals surface area contributed by atoms with Crippen LogP contribution in [-0.4, -0.2) is 28.2 Å². The molecule has 0 aliphatic rings. The molecule has 6 aromatic heterocycles. The SMILES string of the molecule is c1ccc(-c2c(-c3ccc(N(c4ccc(-c5nc6ccccn6c5-c5ccccc5)cc4)c4ccc(-c5nc6ccccn6c5-c5ccccc5)cc4)cc3)nc3ccccn23)cc1. The number of hydrogen-bond acceptors (Lipinski definition) is 4. The number of rotatable bonds is 9. The topological polar surface area (TPSA) is 55.1 Å². The van der Waals surface area contributed by atoms with E-state index in [2.05, 4.69) is 219 Å². The summed E-state index contributed by atoms with van der Waals surface area (Å²) in [6, 6.07) is 76.2. The lowest BCUT2D eigenvalue weighted by atomic mass is 10.0. The number of nitrogens with zero attached hydrogens (tertiary/aromatic N) is 7. The van der Waals surface area contributed by atoms with E-state index in [0.29, 0.717) is 0 Å². The van der Waals surface area contributed by atoms with Gasteiger partial charge in [-0.05, 0) is 72.8 Å². The van der Waals surface area contributed by atoms with Gasteiger partial charge in [0, 0.05) is 69.0 Å². The molecule has 6 aromatic carbocycles. The monoisotopic (exact) mass is 821 g/mol. The molecule has 7 nitrogen and oxygen atoms in total. The number of aromatic nitrogens is 6. The third-order valence-electron chi connectivity index (χ3n) is 11.9. The minimum absolute atomic E-state index is 0.907. The van der Waals surface area contributed by atoms with Crippen molar-refractivity contribution in [3.8, 4) is 67.5 Å². The van der Waals surface area contributed by atoms with E-state index in [9.17, 15) is 0 Å². The molecule has 12 aromatic rings. The summed E-state index contributed by atoms with van der Waals surface area (Å²) in [6.45, 7) is 0. The summed E-state index contributed by atoms with van der Waals surface area (Å²) in [6.07, 6.45) is 6.26. The summed E-state index contributed by atoms with van der Waals surface area (Å²) in [4.78, 5) is 17.8. The largest absolute Gasteiger partial charge is 0.311 e. The van der Waals surface area contributed by atoms with Crippen LogP contribution in [0.4, 0.5) is 17.1 Å². The van der Waals surface area contributed by atoms with Crippen LogP contribution in [0.3, 0.4) is 0 Å². The maximum atomic E-state index is 5.15. The summed E-state index contributed by atoms with van der Waals surface area (Å²) in [5.41, 5.74) is 18.2. The fourth-order valence-corrected chi connectivity index (χ4v) is 8.96. The molecule has 0 N–H and O–H groups in total. The number of hydrogen-bond donors (Lipinski definition) is 0. The van der Waals surface area contributed by atoms with E-state index >= 15 is 0 Å². The van der Waals surface area contributed by atoms with Gasteiger partial charge in [0.1, 0.15) is 16.9 Å². The molecule has 6 heterocycles. The van der Waals surface area contributed by atoms with Gasteiger partial charge in [-0.1, -0.05) is 146 Å². The standard InChI is InChI=1S/C57H39N7/c1-4-16-43(17-5-1)55-52(58-49-22-10-13-37-61(49)55)40-25-31-46(32-26-40)64(47-33-27-41(28-34-47)53-56(44-18-6-2-7-19-44)62-38-14-11-23-50(62)59-53)48-35-29-42(30-36-48)54-57(45-20-8-3-9-21-45)63-39-15-12-24-51(63)60-54/h1-39H. The average Bonchev–Trinajstić information content (AvgIpc) is 4.08. The molecule has 302 valence electrons. The van der Waals surface area contributed by atoms with Crippen molar-refractivity contribution in [1.82, 2.24) is 28.2 Å². The predicted octanol–water partition coefficient (Wildman–Crippen LogP) is 14.1. The Morgan fingerprint density at radius 2 is 0.516 bits per heavy atom. The summed E-state index contributed by atoms with van der Waals surface area (Å²) >= 11 is 0. The normalized spacial score (nSPS) is 11.4. The van der Waals surface area contributed by atoms with Crippen molar-refractivity contribution >= 4 is 34.0 Å². The van der Waals surface area contributed by atoms with Crippen molar-refractivity contribution in [2.24, 2.45) is 0 Å². The zero-order valence-corrected chi connectivity index (χ0v) is 34.6. The van der Waals surface area contributed by atoms with Crippen LogP contribution in [0.5, 0.6) is 0 Å². The maximum Gasteiger partial charge on any atom is 0.137 e. The van der Waals surface area contributed by atoms with Gasteiger partial charge in [0.05, 0.1) is 34.2 Å². The highest BCUT2D eigenvalue weighted by Gasteiger charge is 2.21. The van der Waals surface area contributed by atoms with Gasteiger partial charge in [0.2, 0.25) is 0 Å². The van der Waals surface area contributed by atoms with Crippen molar-refractivity contribution in [3.05, 3.63) is 237 Å². The molecule has 0 aliphatic carbocycles. The molecule has 0 amide bonds. The van der Waals surface area contributed by atoms with Crippen LogP contribution in [0.2, 0.25) is 0 Å². The second kappa shape index (κ2) is 15.6. The molecule has 0 unspecified atom stereocenters. The Hall–Kier alpha value is -8.81. The first kappa shape index (κ1) is 37.0. The van der Waals surface area contributed by atoms with Crippen LogP contribution < -0.4 is 4.90 Å². The van der Waals surface area contributed by atoms with Crippen molar-refractivity contribution in [1.29, 1.82) is 0 Å². The molecule has 0 saturated carbocycles. The van der Waals surface area contributed by atoms with Crippen molar-refractivity contribution in [2.75, 3.05) is 4.90 Å². The van der Waals surface area contributed by atoms with E-state index in [0.717, 1.165) is 102 Å². The first-order valence-electron chi connectivity index (χ1n) is 21.4. The molecule has 0 saturated heterocycles. The van der Waals surface area contributed by atoms with E-state index < -0.39 is 0 Å². The molecular weight excluding hydrogens is 783 g/mol. The fraction of sp³-hybridized carbons (Fsp3) is 0. The highest BCUT2D eigenvalue weighted by molar-refractivity contribution is 5.88. The predicted molar refractivity (Wildman–Crippen MR) is 260 cm³/mol. The summed E-state index contributed by atoms with van der Waals surface area (Å²) in [7, 11) is 0. The first-order valence-corrected chi connectivity index (χ1v) is 21.4. The Morgan fingerprint density at radius 1 is 0.250 bits per heavy atom. The lowest BCUT2D eigenvalue weighted by molar-refractivity contribution is 1.19. The van der Waals surface area contributed by atoms with E-state index in [1.54, 1.807) is 0 Å². The Labute approximate surface area is 370 Å². The van der Waals surface area contributed by atoms with Gasteiger partial charge >= 0.3 is 0 Å². The highest BCUT2D eigenvalue weighted by Crippen LogP contribution is 2.41. The average molecular weight is 822 g/mol. The Balaban J connectivity index is 0.974. The Bertz CT molecular complexity index is 3190. The maximum absolute atomic E-state index is 5.15. The lowest BCUT2D eigenvalue weighted by Crippen LogP contribution is -2.10. The Kier molecular flexibility index (Phi) is 9.01. The van der Waals surface area contributed by atoms with Crippen LogP contribution in [-0.2, 0) is 0 Å². The number of fused-ring (bicyclic) bond motifs is 3.